The van der Waals surface area contributed by atoms with Crippen LogP contribution in [0.1, 0.15) is 15.9 Å². The molecule has 0 saturated heterocycles. The quantitative estimate of drug-likeness (QED) is 0.829. The van der Waals surface area contributed by atoms with Crippen molar-refractivity contribution in [3.8, 4) is 0 Å². The van der Waals surface area contributed by atoms with Crippen molar-refractivity contribution < 1.29 is 4.79 Å². The zero-order chi connectivity index (χ0) is 16.0. The molecule has 0 fully saturated rings. The molecular weight excluding hydrogens is 333 g/mol. The summed E-state index contributed by atoms with van der Waals surface area (Å²) >= 11 is 12.6. The van der Waals surface area contributed by atoms with E-state index in [4.69, 9.17) is 23.2 Å². The molecule has 0 saturated carbocycles. The molecule has 2 aliphatic heterocycles. The highest BCUT2D eigenvalue weighted by Gasteiger charge is 2.37. The van der Waals surface area contributed by atoms with E-state index >= 15 is 0 Å². The second-order valence-electron chi connectivity index (χ2n) is 5.44. The lowest BCUT2D eigenvalue weighted by Gasteiger charge is -2.36. The first-order valence-electron chi connectivity index (χ1n) is 7.32. The molecule has 0 spiro atoms. The van der Waals surface area contributed by atoms with Crippen LogP contribution in [0.2, 0.25) is 10.0 Å². The number of rotatable bonds is 2. The number of fused-ring (bicyclic) bond motifs is 2. The number of halogens is 2. The Hall–Kier alpha value is -2.04. The van der Waals surface area contributed by atoms with Crippen LogP contribution in [0.3, 0.4) is 0 Å². The standard InChI is InChI=1S/C17H13Cl2N3O/c18-13-5-3-6-14(19)12(13)10-22-15-7-2-1-4-11(15)16(23)21-9-8-20-17(21)22/h1-7H,8-10H2. The van der Waals surface area contributed by atoms with E-state index in [-0.39, 0.29) is 5.91 Å². The van der Waals surface area contributed by atoms with E-state index in [0.29, 0.717) is 41.2 Å². The zero-order valence-corrected chi connectivity index (χ0v) is 13.7. The van der Waals surface area contributed by atoms with Crippen LogP contribution in [0, 0.1) is 0 Å². The fourth-order valence-corrected chi connectivity index (χ4v) is 3.52. The minimum Gasteiger partial charge on any atom is -0.307 e. The van der Waals surface area contributed by atoms with Crippen molar-refractivity contribution in [2.75, 3.05) is 18.0 Å². The zero-order valence-electron chi connectivity index (χ0n) is 12.2. The number of benzene rings is 2. The smallest absolute Gasteiger partial charge is 0.262 e. The summed E-state index contributed by atoms with van der Waals surface area (Å²) in [6, 6.07) is 13.0. The van der Waals surface area contributed by atoms with Gasteiger partial charge in [0.15, 0.2) is 0 Å². The SMILES string of the molecule is O=C1c2ccccc2N(Cc2c(Cl)cccc2Cl)C2=NCCN12. The van der Waals surface area contributed by atoms with Gasteiger partial charge in [0.2, 0.25) is 5.96 Å². The Bertz CT molecular complexity index is 814. The average Bonchev–Trinajstić information content (AvgIpc) is 3.04. The van der Waals surface area contributed by atoms with Gasteiger partial charge in [-0.15, -0.1) is 0 Å². The van der Waals surface area contributed by atoms with Crippen molar-refractivity contribution in [3.63, 3.8) is 0 Å². The lowest BCUT2D eigenvalue weighted by Crippen LogP contribution is -2.49. The molecule has 0 radical (unpaired) electrons. The van der Waals surface area contributed by atoms with Gasteiger partial charge in [0.25, 0.3) is 5.91 Å². The topological polar surface area (TPSA) is 35.9 Å². The van der Waals surface area contributed by atoms with Crippen LogP contribution in [0.4, 0.5) is 5.69 Å². The number of carbonyl (C=O) groups excluding carboxylic acids is 1. The molecule has 2 aliphatic rings. The lowest BCUT2D eigenvalue weighted by molar-refractivity contribution is 0.0851. The van der Waals surface area contributed by atoms with Crippen LogP contribution in [-0.4, -0.2) is 29.9 Å². The van der Waals surface area contributed by atoms with Crippen LogP contribution in [0.15, 0.2) is 47.5 Å². The third-order valence-corrected chi connectivity index (χ3v) is 4.82. The highest BCUT2D eigenvalue weighted by atomic mass is 35.5. The molecule has 0 bridgehead atoms. The van der Waals surface area contributed by atoms with Crippen LogP contribution < -0.4 is 4.90 Å². The molecule has 0 aromatic heterocycles. The van der Waals surface area contributed by atoms with Gasteiger partial charge in [-0.3, -0.25) is 14.7 Å². The fraction of sp³-hybridized carbons (Fsp3) is 0.176. The average molecular weight is 346 g/mol. The van der Waals surface area contributed by atoms with E-state index in [1.54, 1.807) is 4.90 Å². The van der Waals surface area contributed by atoms with Crippen molar-refractivity contribution >= 4 is 40.8 Å². The normalized spacial score (nSPS) is 16.3. The van der Waals surface area contributed by atoms with Crippen molar-refractivity contribution in [3.05, 3.63) is 63.6 Å². The van der Waals surface area contributed by atoms with E-state index in [0.717, 1.165) is 11.3 Å². The largest absolute Gasteiger partial charge is 0.307 e. The minimum atomic E-state index is -0.00152. The molecule has 6 heteroatoms. The maximum atomic E-state index is 12.6. The van der Waals surface area contributed by atoms with Gasteiger partial charge in [0, 0.05) is 22.2 Å². The summed E-state index contributed by atoms with van der Waals surface area (Å²) in [5.41, 5.74) is 2.34. The number of carbonyl (C=O) groups is 1. The van der Waals surface area contributed by atoms with E-state index in [2.05, 4.69) is 4.99 Å². The summed E-state index contributed by atoms with van der Waals surface area (Å²) < 4.78 is 0. The van der Waals surface area contributed by atoms with Crippen molar-refractivity contribution in [2.45, 2.75) is 6.54 Å². The van der Waals surface area contributed by atoms with Crippen molar-refractivity contribution in [2.24, 2.45) is 4.99 Å². The highest BCUT2D eigenvalue weighted by Crippen LogP contribution is 2.34. The molecule has 0 unspecified atom stereocenters. The molecule has 0 atom stereocenters. The van der Waals surface area contributed by atoms with Gasteiger partial charge >= 0.3 is 0 Å². The third-order valence-electron chi connectivity index (χ3n) is 4.11. The summed E-state index contributed by atoms with van der Waals surface area (Å²) in [6.45, 7) is 1.69. The van der Waals surface area contributed by atoms with Crippen molar-refractivity contribution in [1.82, 2.24) is 4.90 Å². The predicted octanol–water partition coefficient (Wildman–Crippen LogP) is 3.83. The molecule has 2 heterocycles. The Morgan fingerprint density at radius 3 is 2.57 bits per heavy atom. The first-order chi connectivity index (χ1) is 11.2. The molecular formula is C17H13Cl2N3O. The van der Waals surface area contributed by atoms with Gasteiger partial charge in [-0.1, -0.05) is 41.4 Å². The number of nitrogens with zero attached hydrogens (tertiary/aromatic N) is 3. The molecule has 116 valence electrons. The van der Waals surface area contributed by atoms with Gasteiger partial charge in [-0.25, -0.2) is 0 Å². The molecule has 4 nitrogen and oxygen atoms in total. The molecule has 0 aliphatic carbocycles. The number of aliphatic imine (C=N–C) groups is 1. The van der Waals surface area contributed by atoms with Crippen molar-refractivity contribution in [1.29, 1.82) is 0 Å². The lowest BCUT2D eigenvalue weighted by atomic mass is 10.1. The number of amides is 1. The molecule has 2 aromatic rings. The van der Waals surface area contributed by atoms with Gasteiger partial charge in [0.05, 0.1) is 24.3 Å². The summed E-state index contributed by atoms with van der Waals surface area (Å²) in [6.07, 6.45) is 0. The second kappa shape index (κ2) is 5.55. The number of para-hydroxylation sites is 1. The predicted molar refractivity (Wildman–Crippen MR) is 92.4 cm³/mol. The van der Waals surface area contributed by atoms with Gasteiger partial charge in [-0.2, -0.15) is 0 Å². The third kappa shape index (κ3) is 2.30. The van der Waals surface area contributed by atoms with Gasteiger partial charge in [-0.05, 0) is 24.3 Å². The van der Waals surface area contributed by atoms with E-state index < -0.39 is 0 Å². The minimum absolute atomic E-state index is 0.00152. The highest BCUT2D eigenvalue weighted by molar-refractivity contribution is 6.36. The van der Waals surface area contributed by atoms with E-state index in [1.807, 2.05) is 47.4 Å². The number of guanidine groups is 1. The first kappa shape index (κ1) is 14.5. The summed E-state index contributed by atoms with van der Waals surface area (Å²) in [4.78, 5) is 20.8. The van der Waals surface area contributed by atoms with E-state index in [1.165, 1.54) is 0 Å². The maximum Gasteiger partial charge on any atom is 0.262 e. The number of hydrogen-bond donors (Lipinski definition) is 0. The molecule has 2 aromatic carbocycles. The van der Waals surface area contributed by atoms with Crippen LogP contribution >= 0.6 is 23.2 Å². The molecule has 4 rings (SSSR count). The van der Waals surface area contributed by atoms with Gasteiger partial charge in [0.1, 0.15) is 0 Å². The monoisotopic (exact) mass is 345 g/mol. The molecule has 0 N–H and O–H groups in total. The summed E-state index contributed by atoms with van der Waals surface area (Å²) in [7, 11) is 0. The van der Waals surface area contributed by atoms with Crippen LogP contribution in [0.25, 0.3) is 0 Å². The molecule has 1 amide bonds. The Balaban J connectivity index is 1.83. The fourth-order valence-electron chi connectivity index (χ4n) is 3.00. The number of hydrogen-bond acceptors (Lipinski definition) is 3. The maximum absolute atomic E-state index is 12.6. The van der Waals surface area contributed by atoms with Gasteiger partial charge < -0.3 is 4.90 Å². The Morgan fingerprint density at radius 2 is 1.78 bits per heavy atom. The first-order valence-corrected chi connectivity index (χ1v) is 8.08. The molecule has 23 heavy (non-hydrogen) atoms. The summed E-state index contributed by atoms with van der Waals surface area (Å²) in [5, 5.41) is 1.22. The van der Waals surface area contributed by atoms with E-state index in [9.17, 15) is 4.79 Å². The number of anilines is 1. The van der Waals surface area contributed by atoms with Crippen LogP contribution in [-0.2, 0) is 6.54 Å². The summed E-state index contributed by atoms with van der Waals surface area (Å²) in [5.74, 6) is 0.669. The Morgan fingerprint density at radius 1 is 1.04 bits per heavy atom. The Labute approximate surface area is 143 Å². The van der Waals surface area contributed by atoms with Crippen LogP contribution in [0.5, 0.6) is 0 Å². The second-order valence-corrected chi connectivity index (χ2v) is 6.26. The Kier molecular flexibility index (Phi) is 3.51.